The van der Waals surface area contributed by atoms with Gasteiger partial charge in [0.2, 0.25) is 0 Å². The summed E-state index contributed by atoms with van der Waals surface area (Å²) in [4.78, 5) is 10.8. The molecule has 0 fully saturated rings. The van der Waals surface area contributed by atoms with Crippen molar-refractivity contribution < 1.29 is 9.90 Å². The normalized spacial score (nSPS) is 12.7. The molecule has 1 heterocycles. The highest BCUT2D eigenvalue weighted by Crippen LogP contribution is 2.22. The third-order valence-corrected chi connectivity index (χ3v) is 3.36. The Kier molecular flexibility index (Phi) is 5.08. The summed E-state index contributed by atoms with van der Waals surface area (Å²) in [5.41, 5.74) is 0.962. The van der Waals surface area contributed by atoms with Crippen molar-refractivity contribution in [3.05, 3.63) is 21.3 Å². The van der Waals surface area contributed by atoms with Crippen molar-refractivity contribution in [1.82, 2.24) is 5.32 Å². The lowest BCUT2D eigenvalue weighted by Crippen LogP contribution is -2.35. The molecule has 1 unspecified atom stereocenters. The van der Waals surface area contributed by atoms with Crippen LogP contribution in [0.2, 0.25) is 4.34 Å². The molecule has 0 aliphatic carbocycles. The second-order valence-corrected chi connectivity index (χ2v) is 4.80. The molecule has 0 aromatic carbocycles. The van der Waals surface area contributed by atoms with Crippen LogP contribution in [0.25, 0.3) is 0 Å². The van der Waals surface area contributed by atoms with Crippen LogP contribution in [-0.4, -0.2) is 17.1 Å². The van der Waals surface area contributed by atoms with E-state index >= 15 is 0 Å². The van der Waals surface area contributed by atoms with Crippen molar-refractivity contribution in [2.75, 3.05) is 0 Å². The second-order valence-electron chi connectivity index (χ2n) is 3.28. The molecule has 0 amide bonds. The average molecular weight is 248 g/mol. The third-order valence-electron chi connectivity index (χ3n) is 2.11. The Morgan fingerprint density at radius 3 is 2.93 bits per heavy atom. The summed E-state index contributed by atoms with van der Waals surface area (Å²) < 4.78 is 0.725. The standard InChI is InChI=1S/C10H14ClNO2S/c1-2-3-8(10(13)14)12-6-7-4-5-15-9(7)11/h4-5,8,12H,2-3,6H2,1H3,(H,13,14). The molecule has 1 atom stereocenters. The Morgan fingerprint density at radius 1 is 1.73 bits per heavy atom. The fraction of sp³-hybridized carbons (Fsp3) is 0.500. The van der Waals surface area contributed by atoms with Gasteiger partial charge in [0.1, 0.15) is 6.04 Å². The van der Waals surface area contributed by atoms with E-state index in [1.807, 2.05) is 18.4 Å². The van der Waals surface area contributed by atoms with Crippen molar-refractivity contribution in [1.29, 1.82) is 0 Å². The van der Waals surface area contributed by atoms with E-state index < -0.39 is 12.0 Å². The summed E-state index contributed by atoms with van der Waals surface area (Å²) in [5.74, 6) is -0.803. The number of hydrogen-bond donors (Lipinski definition) is 2. The molecule has 15 heavy (non-hydrogen) atoms. The van der Waals surface area contributed by atoms with Gasteiger partial charge in [-0.15, -0.1) is 11.3 Å². The minimum Gasteiger partial charge on any atom is -0.480 e. The van der Waals surface area contributed by atoms with Gasteiger partial charge < -0.3 is 10.4 Å². The van der Waals surface area contributed by atoms with E-state index in [-0.39, 0.29) is 0 Å². The fourth-order valence-corrected chi connectivity index (χ4v) is 2.21. The van der Waals surface area contributed by atoms with Crippen molar-refractivity contribution in [3.63, 3.8) is 0 Å². The molecule has 0 aliphatic heterocycles. The van der Waals surface area contributed by atoms with Gasteiger partial charge in [-0.3, -0.25) is 4.79 Å². The summed E-state index contributed by atoms with van der Waals surface area (Å²) in [6.07, 6.45) is 1.48. The molecule has 84 valence electrons. The molecule has 5 heteroatoms. The highest BCUT2D eigenvalue weighted by Gasteiger charge is 2.15. The lowest BCUT2D eigenvalue weighted by molar-refractivity contribution is -0.139. The lowest BCUT2D eigenvalue weighted by Gasteiger charge is -2.12. The number of nitrogens with one attached hydrogen (secondary N) is 1. The number of rotatable bonds is 6. The Morgan fingerprint density at radius 2 is 2.47 bits per heavy atom. The zero-order valence-electron chi connectivity index (χ0n) is 8.50. The fourth-order valence-electron chi connectivity index (χ4n) is 1.28. The maximum atomic E-state index is 10.8. The van der Waals surface area contributed by atoms with E-state index in [9.17, 15) is 4.79 Å². The van der Waals surface area contributed by atoms with Gasteiger partial charge >= 0.3 is 5.97 Å². The van der Waals surface area contributed by atoms with Crippen LogP contribution in [0.3, 0.4) is 0 Å². The summed E-state index contributed by atoms with van der Waals surface area (Å²) >= 11 is 7.37. The van der Waals surface area contributed by atoms with Gasteiger partial charge in [0.05, 0.1) is 4.34 Å². The molecule has 0 radical (unpaired) electrons. The molecule has 0 spiro atoms. The van der Waals surface area contributed by atoms with Crippen LogP contribution < -0.4 is 5.32 Å². The smallest absolute Gasteiger partial charge is 0.320 e. The molecule has 0 aliphatic rings. The summed E-state index contributed by atoms with van der Waals surface area (Å²) in [6.45, 7) is 2.48. The SMILES string of the molecule is CCCC(NCc1ccsc1Cl)C(=O)O. The molecule has 0 bridgehead atoms. The quantitative estimate of drug-likeness (QED) is 0.813. The minimum atomic E-state index is -0.803. The first-order chi connectivity index (χ1) is 7.15. The first-order valence-electron chi connectivity index (χ1n) is 4.83. The van der Waals surface area contributed by atoms with Gasteiger partial charge in [0.15, 0.2) is 0 Å². The third kappa shape index (κ3) is 3.81. The first-order valence-corrected chi connectivity index (χ1v) is 6.09. The van der Waals surface area contributed by atoms with E-state index in [1.165, 1.54) is 11.3 Å². The van der Waals surface area contributed by atoms with Gasteiger partial charge in [0.25, 0.3) is 0 Å². The van der Waals surface area contributed by atoms with Crippen molar-refractivity contribution in [2.24, 2.45) is 0 Å². The zero-order valence-corrected chi connectivity index (χ0v) is 10.1. The van der Waals surface area contributed by atoms with Crippen LogP contribution in [-0.2, 0) is 11.3 Å². The number of halogens is 1. The van der Waals surface area contributed by atoms with Crippen molar-refractivity contribution in [3.8, 4) is 0 Å². The molecular weight excluding hydrogens is 234 g/mol. The molecule has 0 saturated heterocycles. The van der Waals surface area contributed by atoms with Crippen molar-refractivity contribution >= 4 is 28.9 Å². The Bertz CT molecular complexity index is 327. The van der Waals surface area contributed by atoms with Gasteiger partial charge in [-0.2, -0.15) is 0 Å². The maximum absolute atomic E-state index is 10.8. The maximum Gasteiger partial charge on any atom is 0.320 e. The molecule has 3 nitrogen and oxygen atoms in total. The molecule has 1 aromatic heterocycles. The van der Waals surface area contributed by atoms with E-state index in [1.54, 1.807) is 0 Å². The highest BCUT2D eigenvalue weighted by molar-refractivity contribution is 7.14. The van der Waals surface area contributed by atoms with E-state index in [0.717, 1.165) is 16.3 Å². The van der Waals surface area contributed by atoms with Crippen LogP contribution in [0, 0.1) is 0 Å². The van der Waals surface area contributed by atoms with E-state index in [4.69, 9.17) is 16.7 Å². The number of thiophene rings is 1. The average Bonchev–Trinajstić information content (AvgIpc) is 2.58. The predicted octanol–water partition coefficient (Wildman–Crippen LogP) is 2.74. The summed E-state index contributed by atoms with van der Waals surface area (Å²) in [6, 6.07) is 1.43. The first kappa shape index (κ1) is 12.5. The van der Waals surface area contributed by atoms with Gasteiger partial charge in [-0.1, -0.05) is 24.9 Å². The van der Waals surface area contributed by atoms with Crippen LogP contribution >= 0.6 is 22.9 Å². The van der Waals surface area contributed by atoms with Crippen LogP contribution in [0.5, 0.6) is 0 Å². The molecule has 2 N–H and O–H groups in total. The molecule has 0 saturated carbocycles. The Balaban J connectivity index is 2.47. The Labute approximate surface area is 98.1 Å². The van der Waals surface area contributed by atoms with Gasteiger partial charge in [0, 0.05) is 6.54 Å². The van der Waals surface area contributed by atoms with Gasteiger partial charge in [-0.05, 0) is 23.4 Å². The van der Waals surface area contributed by atoms with Gasteiger partial charge in [-0.25, -0.2) is 0 Å². The topological polar surface area (TPSA) is 49.3 Å². The second kappa shape index (κ2) is 6.10. The van der Waals surface area contributed by atoms with E-state index in [2.05, 4.69) is 5.32 Å². The molecule has 1 rings (SSSR count). The number of hydrogen-bond acceptors (Lipinski definition) is 3. The minimum absolute atomic E-state index is 0.481. The molecule has 1 aromatic rings. The Hall–Kier alpha value is -0.580. The summed E-state index contributed by atoms with van der Waals surface area (Å²) in [7, 11) is 0. The number of carboxylic acids is 1. The van der Waals surface area contributed by atoms with E-state index in [0.29, 0.717) is 13.0 Å². The predicted molar refractivity (Wildman–Crippen MR) is 62.5 cm³/mol. The monoisotopic (exact) mass is 247 g/mol. The summed E-state index contributed by atoms with van der Waals surface area (Å²) in [5, 5.41) is 13.8. The largest absolute Gasteiger partial charge is 0.480 e. The van der Waals surface area contributed by atoms with Crippen LogP contribution in [0.4, 0.5) is 0 Å². The highest BCUT2D eigenvalue weighted by atomic mass is 35.5. The lowest BCUT2D eigenvalue weighted by atomic mass is 10.1. The number of aliphatic carboxylic acids is 1. The number of carboxylic acid groups (broad SMARTS) is 1. The van der Waals surface area contributed by atoms with Crippen LogP contribution in [0.1, 0.15) is 25.3 Å². The van der Waals surface area contributed by atoms with Crippen LogP contribution in [0.15, 0.2) is 11.4 Å². The number of carbonyl (C=O) groups is 1. The zero-order chi connectivity index (χ0) is 11.3. The molecular formula is C10H14ClNO2S. The van der Waals surface area contributed by atoms with Crippen molar-refractivity contribution in [2.45, 2.75) is 32.4 Å².